The average molecular weight is 441 g/mol. The summed E-state index contributed by atoms with van der Waals surface area (Å²) in [6.45, 7) is 6.65. The third kappa shape index (κ3) is 3.71. The van der Waals surface area contributed by atoms with Crippen molar-refractivity contribution in [3.05, 3.63) is 69.6 Å². The molecule has 0 spiro atoms. The highest BCUT2D eigenvalue weighted by atomic mass is 79.9. The Kier molecular flexibility index (Phi) is 5.51. The van der Waals surface area contributed by atoms with Crippen LogP contribution >= 0.6 is 15.9 Å². The van der Waals surface area contributed by atoms with E-state index in [-0.39, 0.29) is 11.9 Å². The van der Waals surface area contributed by atoms with Crippen molar-refractivity contribution in [3.8, 4) is 0 Å². The van der Waals surface area contributed by atoms with E-state index in [2.05, 4.69) is 55.4 Å². The van der Waals surface area contributed by atoms with Gasteiger partial charge in [-0.3, -0.25) is 14.1 Å². The van der Waals surface area contributed by atoms with Gasteiger partial charge < -0.3 is 5.32 Å². The molecule has 0 aliphatic carbocycles. The monoisotopic (exact) mass is 440 g/mol. The topological polar surface area (TPSA) is 49.6 Å². The number of hydrogen-bond acceptors (Lipinski definition) is 3. The van der Waals surface area contributed by atoms with Crippen molar-refractivity contribution in [1.82, 2.24) is 19.6 Å². The van der Waals surface area contributed by atoms with Gasteiger partial charge in [0.2, 0.25) is 0 Å². The zero-order chi connectivity index (χ0) is 19.7. The summed E-state index contributed by atoms with van der Waals surface area (Å²) in [6, 6.07) is 12.7. The van der Waals surface area contributed by atoms with Crippen LogP contribution in [0.2, 0.25) is 0 Å². The van der Waals surface area contributed by atoms with E-state index in [1.165, 1.54) is 18.4 Å². The number of halogens is 1. The molecule has 146 valence electrons. The maximum Gasteiger partial charge on any atom is 0.270 e. The Balaban J connectivity index is 1.59. The van der Waals surface area contributed by atoms with Crippen molar-refractivity contribution in [2.45, 2.75) is 32.7 Å². The van der Waals surface area contributed by atoms with Crippen molar-refractivity contribution < 1.29 is 4.79 Å². The minimum Gasteiger partial charge on any atom is -0.349 e. The molecule has 1 atom stereocenters. The van der Waals surface area contributed by atoms with Crippen LogP contribution in [0.15, 0.2) is 47.1 Å². The Morgan fingerprint density at radius 1 is 1.21 bits per heavy atom. The zero-order valence-electron chi connectivity index (χ0n) is 16.3. The molecule has 28 heavy (non-hydrogen) atoms. The molecular formula is C22H25BrN4O. The van der Waals surface area contributed by atoms with Crippen molar-refractivity contribution in [1.29, 1.82) is 0 Å². The normalized spacial score (nSPS) is 15.8. The lowest BCUT2D eigenvalue weighted by molar-refractivity contribution is 0.0931. The van der Waals surface area contributed by atoms with Crippen LogP contribution in [0.25, 0.3) is 5.65 Å². The molecule has 1 unspecified atom stereocenters. The van der Waals surface area contributed by atoms with Crippen molar-refractivity contribution >= 4 is 27.5 Å². The molecular weight excluding hydrogens is 416 g/mol. The van der Waals surface area contributed by atoms with E-state index in [0.29, 0.717) is 12.2 Å². The second kappa shape index (κ2) is 8.05. The largest absolute Gasteiger partial charge is 0.349 e. The second-order valence-electron chi connectivity index (χ2n) is 7.48. The van der Waals surface area contributed by atoms with Crippen molar-refractivity contribution in [3.63, 3.8) is 0 Å². The fraction of sp³-hybridized carbons (Fsp3) is 0.364. The molecule has 4 rings (SSSR count). The molecule has 1 fully saturated rings. The third-order valence-corrected chi connectivity index (χ3v) is 6.01. The molecule has 0 bridgehead atoms. The molecule has 1 saturated heterocycles. The first kappa shape index (κ1) is 19.2. The number of nitrogens with one attached hydrogen (secondary N) is 1. The molecule has 1 N–H and O–H groups in total. The van der Waals surface area contributed by atoms with Crippen LogP contribution in [0, 0.1) is 13.8 Å². The fourth-order valence-corrected chi connectivity index (χ4v) is 4.72. The minimum absolute atomic E-state index is 0.0809. The number of rotatable bonds is 5. The third-order valence-electron chi connectivity index (χ3n) is 5.42. The molecule has 1 aliphatic heterocycles. The van der Waals surface area contributed by atoms with Gasteiger partial charge in [-0.15, -0.1) is 0 Å². The smallest absolute Gasteiger partial charge is 0.270 e. The summed E-state index contributed by atoms with van der Waals surface area (Å²) in [5.74, 6) is -0.0809. The Labute approximate surface area is 173 Å². The summed E-state index contributed by atoms with van der Waals surface area (Å²) in [5.41, 5.74) is 4.43. The number of amides is 1. The summed E-state index contributed by atoms with van der Waals surface area (Å²) in [6.07, 6.45) is 4.40. The van der Waals surface area contributed by atoms with Gasteiger partial charge in [0, 0.05) is 12.7 Å². The first-order valence-corrected chi connectivity index (χ1v) is 10.6. The number of likely N-dealkylation sites (tertiary alicyclic amines) is 1. The molecule has 0 radical (unpaired) electrons. The zero-order valence-corrected chi connectivity index (χ0v) is 17.9. The summed E-state index contributed by atoms with van der Waals surface area (Å²) in [4.78, 5) is 20.2. The Morgan fingerprint density at radius 3 is 2.64 bits per heavy atom. The Bertz CT molecular complexity index is 993. The maximum atomic E-state index is 13.1. The lowest BCUT2D eigenvalue weighted by atomic mass is 10.1. The molecule has 1 aromatic carbocycles. The number of carbonyl (C=O) groups excluding carboxylic acids is 1. The van der Waals surface area contributed by atoms with Crippen LogP contribution in [0.5, 0.6) is 0 Å². The maximum absolute atomic E-state index is 13.1. The number of carbonyl (C=O) groups is 1. The molecule has 6 heteroatoms. The lowest BCUT2D eigenvalue weighted by Crippen LogP contribution is -2.37. The highest BCUT2D eigenvalue weighted by molar-refractivity contribution is 9.10. The number of aromatic nitrogens is 2. The Hall–Kier alpha value is -2.18. The van der Waals surface area contributed by atoms with Gasteiger partial charge in [-0.1, -0.05) is 30.3 Å². The highest BCUT2D eigenvalue weighted by Gasteiger charge is 2.25. The average Bonchev–Trinajstić information content (AvgIpc) is 3.31. The molecule has 3 heterocycles. The van der Waals surface area contributed by atoms with Crippen LogP contribution in [0.4, 0.5) is 0 Å². The molecule has 1 aliphatic rings. The summed E-state index contributed by atoms with van der Waals surface area (Å²) in [5, 5.41) is 3.18. The van der Waals surface area contributed by atoms with Gasteiger partial charge in [0.15, 0.2) is 5.65 Å². The van der Waals surface area contributed by atoms with Crippen LogP contribution < -0.4 is 5.32 Å². The van der Waals surface area contributed by atoms with Crippen molar-refractivity contribution in [2.75, 3.05) is 19.6 Å². The summed E-state index contributed by atoms with van der Waals surface area (Å²) in [7, 11) is 0. The molecule has 2 aromatic heterocycles. The molecule has 1 amide bonds. The second-order valence-corrected chi connectivity index (χ2v) is 8.34. The predicted octanol–water partition coefficient (Wildman–Crippen LogP) is 4.28. The molecule has 5 nitrogen and oxygen atoms in total. The number of aryl methyl sites for hydroxylation is 2. The van der Waals surface area contributed by atoms with Crippen LogP contribution in [-0.2, 0) is 0 Å². The van der Waals surface area contributed by atoms with E-state index < -0.39 is 0 Å². The van der Waals surface area contributed by atoms with E-state index in [9.17, 15) is 4.79 Å². The van der Waals surface area contributed by atoms with Gasteiger partial charge in [0.25, 0.3) is 5.91 Å². The number of benzene rings is 1. The van der Waals surface area contributed by atoms with Crippen LogP contribution in [0.3, 0.4) is 0 Å². The van der Waals surface area contributed by atoms with Gasteiger partial charge in [0.1, 0.15) is 5.69 Å². The summed E-state index contributed by atoms with van der Waals surface area (Å²) < 4.78 is 2.78. The van der Waals surface area contributed by atoms with Crippen LogP contribution in [0.1, 0.15) is 46.2 Å². The van der Waals surface area contributed by atoms with E-state index in [4.69, 9.17) is 0 Å². The van der Waals surface area contributed by atoms with Crippen LogP contribution in [-0.4, -0.2) is 39.8 Å². The first-order valence-electron chi connectivity index (χ1n) is 9.76. The number of hydrogen-bond donors (Lipinski definition) is 1. The van der Waals surface area contributed by atoms with Crippen molar-refractivity contribution in [2.24, 2.45) is 0 Å². The Morgan fingerprint density at radius 2 is 1.93 bits per heavy atom. The summed E-state index contributed by atoms with van der Waals surface area (Å²) >= 11 is 3.56. The van der Waals surface area contributed by atoms with E-state index >= 15 is 0 Å². The lowest BCUT2D eigenvalue weighted by Gasteiger charge is -2.28. The minimum atomic E-state index is -0.0809. The predicted molar refractivity (Wildman–Crippen MR) is 115 cm³/mol. The fourth-order valence-electron chi connectivity index (χ4n) is 4.08. The number of fused-ring (bicyclic) bond motifs is 1. The van der Waals surface area contributed by atoms with Gasteiger partial charge in [-0.05, 0) is 72.9 Å². The highest BCUT2D eigenvalue weighted by Crippen LogP contribution is 2.25. The van der Waals surface area contributed by atoms with Gasteiger partial charge in [0.05, 0.1) is 16.2 Å². The van der Waals surface area contributed by atoms with E-state index in [1.807, 2.05) is 36.6 Å². The van der Waals surface area contributed by atoms with Gasteiger partial charge >= 0.3 is 0 Å². The standard InChI is InChI=1S/C22H25BrN4O/c1-15-12-18(23)21-25-16(2)20(27(21)14-15)22(28)24-13-19(26-10-6-7-11-26)17-8-4-3-5-9-17/h3-5,8-9,12,14,19H,6-7,10-11,13H2,1-2H3,(H,24,28). The van der Waals surface area contributed by atoms with E-state index in [0.717, 1.165) is 34.5 Å². The number of pyridine rings is 1. The first-order chi connectivity index (χ1) is 13.5. The van der Waals surface area contributed by atoms with E-state index in [1.54, 1.807) is 0 Å². The van der Waals surface area contributed by atoms with Gasteiger partial charge in [-0.2, -0.15) is 0 Å². The molecule has 3 aromatic rings. The number of nitrogens with zero attached hydrogens (tertiary/aromatic N) is 3. The van der Waals surface area contributed by atoms with Gasteiger partial charge in [-0.25, -0.2) is 4.98 Å². The quantitative estimate of drug-likeness (QED) is 0.643. The SMILES string of the molecule is Cc1cc(Br)c2nc(C)c(C(=O)NCC(c3ccccc3)N3CCCC3)n2c1. The molecule has 0 saturated carbocycles. The number of imidazole rings is 1.